The Kier molecular flexibility index (Phi) is 27.2. The number of amides is 6. The molecule has 5 aromatic rings. The van der Waals surface area contributed by atoms with E-state index in [1.165, 1.54) is 5.56 Å². The van der Waals surface area contributed by atoms with E-state index in [4.69, 9.17) is 24.7 Å². The maximum Gasteiger partial charge on any atom is 0.408 e. The number of hydrogen-bond donors (Lipinski definition) is 7. The Morgan fingerprint density at radius 3 is 1.85 bits per heavy atom. The first kappa shape index (κ1) is 81.6. The number of rotatable bonds is 37. The Hall–Kier alpha value is -9.40. The molecule has 0 spiro atoms. The lowest BCUT2D eigenvalue weighted by Crippen LogP contribution is -2.55. The molecule has 8 N–H and O–H groups in total. The van der Waals surface area contributed by atoms with Crippen molar-refractivity contribution in [2.45, 2.75) is 199 Å². The minimum Gasteiger partial charge on any atom is -0.508 e. The van der Waals surface area contributed by atoms with Gasteiger partial charge >= 0.3 is 12.1 Å². The smallest absolute Gasteiger partial charge is 0.408 e. The average Bonchev–Trinajstić information content (AvgIpc) is 0.720. The van der Waals surface area contributed by atoms with Crippen LogP contribution in [0.1, 0.15) is 200 Å². The zero-order valence-corrected chi connectivity index (χ0v) is 64.2. The van der Waals surface area contributed by atoms with Crippen molar-refractivity contribution >= 4 is 70.1 Å². The molecule has 6 amide bonds. The van der Waals surface area contributed by atoms with Crippen LogP contribution in [0.25, 0.3) is 0 Å². The largest absolute Gasteiger partial charge is 0.508 e. The fourth-order valence-electron chi connectivity index (χ4n) is 18.7. The number of nitrogens with one attached hydrogen (secondary N) is 4. The van der Waals surface area contributed by atoms with Gasteiger partial charge in [0.1, 0.15) is 41.5 Å². The summed E-state index contributed by atoms with van der Waals surface area (Å²) < 4.78 is 22.5. The highest BCUT2D eigenvalue weighted by atomic mass is 16.6. The van der Waals surface area contributed by atoms with Gasteiger partial charge in [0.2, 0.25) is 17.7 Å². The third kappa shape index (κ3) is 19.0. The fraction of sp³-hybridized carbons (Fsp3) is 0.523. The van der Waals surface area contributed by atoms with Gasteiger partial charge < -0.3 is 61.1 Å². The van der Waals surface area contributed by atoms with Gasteiger partial charge in [0.05, 0.1) is 63.7 Å². The van der Waals surface area contributed by atoms with Crippen LogP contribution < -0.4 is 31.9 Å². The molecule has 11 rings (SSSR count). The predicted molar refractivity (Wildman–Crippen MR) is 415 cm³/mol. The molecule has 0 aromatic heterocycles. The lowest BCUT2D eigenvalue weighted by Gasteiger charge is -2.56. The number of alkyl carbamates (subject to hydrolysis) is 1. The first-order valence-corrected chi connectivity index (χ1v) is 39.4. The summed E-state index contributed by atoms with van der Waals surface area (Å²) in [6.07, 6.45) is 9.31. The number of hydrogen-bond acceptors (Lipinski definition) is 16. The third-order valence-corrected chi connectivity index (χ3v) is 25.0. The van der Waals surface area contributed by atoms with Crippen molar-refractivity contribution in [1.82, 2.24) is 16.0 Å². The summed E-state index contributed by atoms with van der Waals surface area (Å²) in [5.41, 5.74) is 11.5. The molecule has 1 heterocycles. The highest BCUT2D eigenvalue weighted by Crippen LogP contribution is 2.61. The quantitative estimate of drug-likeness (QED) is 0.0110. The molecule has 110 heavy (non-hydrogen) atoms. The van der Waals surface area contributed by atoms with Crippen LogP contribution in [0.15, 0.2) is 109 Å². The molecule has 22 heteroatoms. The van der Waals surface area contributed by atoms with Crippen LogP contribution in [0.3, 0.4) is 0 Å². The lowest BCUT2D eigenvalue weighted by atomic mass is 9.47. The van der Waals surface area contributed by atoms with E-state index >= 15 is 0 Å². The van der Waals surface area contributed by atoms with Crippen molar-refractivity contribution < 1.29 is 77.1 Å². The second-order valence-electron chi connectivity index (χ2n) is 32.0. The average molecular weight is 1510 g/mol. The van der Waals surface area contributed by atoms with Crippen LogP contribution in [0.2, 0.25) is 0 Å². The molecule has 0 unspecified atom stereocenters. The highest BCUT2D eigenvalue weighted by molar-refractivity contribution is 6.09. The predicted octanol–water partition coefficient (Wildman–Crippen LogP) is 11.4. The number of carbonyl (C=O) groups is 10. The summed E-state index contributed by atoms with van der Waals surface area (Å²) in [5.74, 6) is 4.00. The molecule has 5 aromatic carbocycles. The topological polar surface area (TPSA) is 325 Å². The summed E-state index contributed by atoms with van der Waals surface area (Å²) in [6.45, 7) is 10.2. The van der Waals surface area contributed by atoms with Gasteiger partial charge in [-0.2, -0.15) is 0 Å². The first-order valence-electron chi connectivity index (χ1n) is 39.4. The van der Waals surface area contributed by atoms with Gasteiger partial charge in [0.15, 0.2) is 5.78 Å². The molecule has 22 nitrogen and oxygen atoms in total. The normalized spacial score (nSPS) is 22.4. The van der Waals surface area contributed by atoms with Crippen LogP contribution in [-0.2, 0) is 101 Å². The monoisotopic (exact) mass is 1500 g/mol. The molecule has 0 saturated heterocycles. The molecule has 3 saturated carbocycles. The first-order chi connectivity index (χ1) is 52.9. The standard InChI is InChI=1S/C88H108N6O16/c1-84-36-11-38-86(3,76(99)54-77(100)87(4)39-12-37-85(2)69-53-67(96)31-26-62(69)28-33-74(85)87)73(84)32-27-61-23-20-59(50-68(61)84)51-72(97)70(56-95)93-83(106)110-57-58-21-29-66(30-22-58)92-81(104)64(17-9-42-91-82(89)105)52-78(101)88(40-13-41-88)75(98)19-10-44-107-46-48-109-49-47-108-45-43-90-79(102)34-35-80(103)94-55-65-16-6-5-14-60(65)24-25-63-15-7-8-18-71(63)94/h5-8,14-16,18,20-23,26,29-31,50,53,64,70,73-74,95-96H,9-13,17,19,27-28,32-49,51-52,54-57H2,1-4H3,(H,90,102)(H,92,104)(H,93,106)(H3,89,91,105)/t64-,70+,73-,74-,84-,85-,86+,87+/m1/s1. The van der Waals surface area contributed by atoms with E-state index in [9.17, 15) is 58.2 Å². The van der Waals surface area contributed by atoms with E-state index in [1.54, 1.807) is 35.2 Å². The second kappa shape index (κ2) is 36.6. The zero-order valence-electron chi connectivity index (χ0n) is 64.2. The molecule has 586 valence electrons. The number of aromatic hydroxyl groups is 1. The number of urea groups is 1. The summed E-state index contributed by atoms with van der Waals surface area (Å²) in [6, 6.07) is 31.4. The molecule has 0 radical (unpaired) electrons. The van der Waals surface area contributed by atoms with E-state index in [1.807, 2.05) is 72.8 Å². The summed E-state index contributed by atoms with van der Waals surface area (Å²) >= 11 is 0. The summed E-state index contributed by atoms with van der Waals surface area (Å²) in [4.78, 5) is 138. The number of ether oxygens (including phenoxy) is 4. The third-order valence-electron chi connectivity index (χ3n) is 25.0. The number of para-hydroxylation sites is 1. The summed E-state index contributed by atoms with van der Waals surface area (Å²) in [5, 5.41) is 31.7. The Bertz CT molecular complexity index is 4290. The minimum atomic E-state index is -1.27. The summed E-state index contributed by atoms with van der Waals surface area (Å²) in [7, 11) is 0. The maximum absolute atomic E-state index is 14.9. The number of nitrogens with two attached hydrogens (primary N) is 1. The number of primary amides is 1. The number of ketones is 5. The molecule has 0 bridgehead atoms. The Morgan fingerprint density at radius 1 is 0.600 bits per heavy atom. The van der Waals surface area contributed by atoms with Crippen molar-refractivity contribution in [1.29, 1.82) is 0 Å². The number of phenolic OH excluding ortho intramolecular Hbond substituents is 1. The molecule has 8 atom stereocenters. The zero-order chi connectivity index (χ0) is 78.2. The van der Waals surface area contributed by atoms with Crippen LogP contribution >= 0.6 is 0 Å². The Morgan fingerprint density at radius 2 is 1.20 bits per heavy atom. The van der Waals surface area contributed by atoms with Crippen LogP contribution in [0.5, 0.6) is 5.75 Å². The number of phenols is 1. The number of aryl methyl sites for hydroxylation is 2. The number of Topliss-reactive ketones (excluding diaryl/α,β-unsaturated/α-hetero) is 5. The second-order valence-corrected chi connectivity index (χ2v) is 32.0. The maximum atomic E-state index is 14.9. The van der Waals surface area contributed by atoms with Gasteiger partial charge in [-0.05, 0) is 188 Å². The van der Waals surface area contributed by atoms with Crippen LogP contribution in [-0.4, -0.2) is 134 Å². The fourth-order valence-corrected chi connectivity index (χ4v) is 18.7. The number of anilines is 2. The number of aliphatic hydroxyl groups excluding tert-OH is 1. The number of nitrogens with zero attached hydrogens (tertiary/aromatic N) is 1. The van der Waals surface area contributed by atoms with E-state index in [2.05, 4.69) is 66.9 Å². The molecular formula is C88H108N6O16. The minimum absolute atomic E-state index is 0.00563. The molecule has 3 fully saturated rings. The van der Waals surface area contributed by atoms with Crippen molar-refractivity contribution in [2.24, 2.45) is 39.7 Å². The number of fused-ring (bicyclic) bond motifs is 8. The van der Waals surface area contributed by atoms with Gasteiger partial charge in [-0.25, -0.2) is 9.59 Å². The van der Waals surface area contributed by atoms with Gasteiger partial charge in [0, 0.05) is 85.4 Å². The van der Waals surface area contributed by atoms with Gasteiger partial charge in [0.25, 0.3) is 0 Å². The number of aliphatic hydroxyl groups is 1. The van der Waals surface area contributed by atoms with Crippen molar-refractivity contribution in [3.8, 4) is 17.6 Å². The van der Waals surface area contributed by atoms with Crippen molar-refractivity contribution in [2.75, 3.05) is 69.6 Å². The van der Waals surface area contributed by atoms with Crippen molar-refractivity contribution in [3.05, 3.63) is 159 Å². The van der Waals surface area contributed by atoms with Gasteiger partial charge in [-0.15, -0.1) is 0 Å². The molecule has 5 aliphatic carbocycles. The van der Waals surface area contributed by atoms with E-state index in [0.717, 1.165) is 91.2 Å². The van der Waals surface area contributed by atoms with Gasteiger partial charge in [-0.1, -0.05) is 126 Å². The molecular weight excluding hydrogens is 1400 g/mol. The number of carbonyl (C=O) groups excluding carboxylic acids is 10. The Labute approximate surface area is 645 Å². The van der Waals surface area contributed by atoms with Crippen LogP contribution in [0, 0.1) is 45.8 Å². The van der Waals surface area contributed by atoms with Crippen molar-refractivity contribution in [3.63, 3.8) is 0 Å². The van der Waals surface area contributed by atoms with E-state index < -0.39 is 64.0 Å². The lowest BCUT2D eigenvalue weighted by molar-refractivity contribution is -0.149. The molecule has 6 aliphatic rings. The van der Waals surface area contributed by atoms with Crippen LogP contribution in [0.4, 0.5) is 21.0 Å². The highest BCUT2D eigenvalue weighted by Gasteiger charge is 2.59. The van der Waals surface area contributed by atoms with E-state index in [0.29, 0.717) is 74.2 Å². The SMILES string of the molecule is C[C@]1(C(=O)CC(=O)[C@@]2(C)CCC[C@]3(C)c4cc(CC(=O)[C@H](CO)NC(=O)OCc5ccc(NC(=O)[C@H](CCCNC(N)=O)CC(=O)C6(C(=O)CCCOCCOCCOCCNC(=O)CCC(=O)N7Cc8ccccc8C#Cc8ccccc87)CCC6)cc5)ccc4CC[C@@H]23)CCC[C@]2(C)c3cc(O)ccc3CC[C@@H]12. The Balaban J connectivity index is 0.578. The molecule has 1 aliphatic heterocycles. The van der Waals surface area contributed by atoms with E-state index in [-0.39, 0.29) is 156 Å². The number of benzene rings is 5. The van der Waals surface area contributed by atoms with Gasteiger partial charge in [-0.3, -0.25) is 38.4 Å².